The highest BCUT2D eigenvalue weighted by Gasteiger charge is 2.30. The molecule has 1 aliphatic rings. The highest BCUT2D eigenvalue weighted by Crippen LogP contribution is 2.25. The van der Waals surface area contributed by atoms with Crippen molar-refractivity contribution in [1.82, 2.24) is 25.1 Å². The number of para-hydroxylation sites is 2. The number of aromatic nitrogens is 4. The minimum atomic E-state index is -0.296. The van der Waals surface area contributed by atoms with E-state index in [1.807, 2.05) is 49.9 Å². The molecule has 7 nitrogen and oxygen atoms in total. The van der Waals surface area contributed by atoms with Gasteiger partial charge in [0.05, 0.1) is 11.4 Å². The van der Waals surface area contributed by atoms with Crippen LogP contribution in [-0.2, 0) is 4.79 Å². The summed E-state index contributed by atoms with van der Waals surface area (Å²) in [6.07, 6.45) is 3.65. The van der Waals surface area contributed by atoms with Crippen LogP contribution in [0, 0.1) is 11.3 Å². The molecule has 0 aliphatic carbocycles. The maximum absolute atomic E-state index is 12.4. The first-order valence-electron chi connectivity index (χ1n) is 8.81. The Balaban J connectivity index is 1.55. The van der Waals surface area contributed by atoms with Gasteiger partial charge in [-0.15, -0.1) is 5.10 Å². The van der Waals surface area contributed by atoms with Crippen molar-refractivity contribution in [1.29, 1.82) is 0 Å². The van der Waals surface area contributed by atoms with Gasteiger partial charge in [0.25, 0.3) is 0 Å². The van der Waals surface area contributed by atoms with Crippen molar-refractivity contribution in [3.8, 4) is 5.69 Å². The minimum Gasteiger partial charge on any atom is -0.383 e. The van der Waals surface area contributed by atoms with E-state index in [0.29, 0.717) is 5.92 Å². The van der Waals surface area contributed by atoms with E-state index < -0.39 is 0 Å². The van der Waals surface area contributed by atoms with Crippen molar-refractivity contribution < 1.29 is 4.79 Å². The topological polar surface area (TPSA) is 75.9 Å². The van der Waals surface area contributed by atoms with E-state index in [-0.39, 0.29) is 11.3 Å². The van der Waals surface area contributed by atoms with Crippen LogP contribution in [0.25, 0.3) is 5.69 Å². The Labute approximate surface area is 148 Å². The first-order valence-corrected chi connectivity index (χ1v) is 8.81. The van der Waals surface area contributed by atoms with Crippen molar-refractivity contribution in [3.05, 3.63) is 30.6 Å². The molecule has 1 fully saturated rings. The summed E-state index contributed by atoms with van der Waals surface area (Å²) in [7, 11) is 0. The molecular formula is C18H26N6O. The maximum Gasteiger partial charge on any atom is 0.227 e. The molecule has 0 bridgehead atoms. The number of benzene rings is 1. The Kier molecular flexibility index (Phi) is 5.01. The number of carbonyl (C=O) groups is 1. The molecular weight excluding hydrogens is 316 g/mol. The molecule has 1 saturated heterocycles. The summed E-state index contributed by atoms with van der Waals surface area (Å²) in [4.78, 5) is 14.4. The van der Waals surface area contributed by atoms with Gasteiger partial charge in [0, 0.05) is 25.0 Å². The van der Waals surface area contributed by atoms with Gasteiger partial charge >= 0.3 is 0 Å². The molecule has 3 rings (SSSR count). The zero-order valence-corrected chi connectivity index (χ0v) is 15.1. The lowest BCUT2D eigenvalue weighted by Crippen LogP contribution is -2.44. The maximum atomic E-state index is 12.4. The number of likely N-dealkylation sites (tertiary alicyclic amines) is 1. The highest BCUT2D eigenvalue weighted by atomic mass is 16.2. The molecule has 7 heteroatoms. The molecule has 0 saturated carbocycles. The van der Waals surface area contributed by atoms with E-state index in [0.717, 1.165) is 43.9 Å². The van der Waals surface area contributed by atoms with Gasteiger partial charge < -0.3 is 10.2 Å². The Morgan fingerprint density at radius 1 is 1.24 bits per heavy atom. The molecule has 1 aromatic carbocycles. The number of hydrogen-bond donors (Lipinski definition) is 1. The number of rotatable bonds is 4. The van der Waals surface area contributed by atoms with Gasteiger partial charge in [0.1, 0.15) is 6.33 Å². The summed E-state index contributed by atoms with van der Waals surface area (Å²) in [5, 5.41) is 14.9. The van der Waals surface area contributed by atoms with Crippen molar-refractivity contribution >= 4 is 11.6 Å². The van der Waals surface area contributed by atoms with Crippen LogP contribution in [0.1, 0.15) is 33.6 Å². The molecule has 0 spiro atoms. The third kappa shape index (κ3) is 4.15. The van der Waals surface area contributed by atoms with Crippen molar-refractivity contribution in [2.75, 3.05) is 25.0 Å². The fourth-order valence-corrected chi connectivity index (χ4v) is 3.16. The van der Waals surface area contributed by atoms with Crippen molar-refractivity contribution in [2.24, 2.45) is 11.3 Å². The van der Waals surface area contributed by atoms with Crippen molar-refractivity contribution in [2.45, 2.75) is 33.6 Å². The van der Waals surface area contributed by atoms with E-state index in [4.69, 9.17) is 0 Å². The first kappa shape index (κ1) is 17.4. The zero-order chi connectivity index (χ0) is 17.9. The standard InChI is InChI=1S/C18H26N6O/c1-18(2,3)17(25)23-10-8-14(9-11-23)12-19-15-6-4-5-7-16(15)24-13-20-21-22-24/h4-7,13-14,19H,8-12H2,1-3H3. The van der Waals surface area contributed by atoms with Crippen LogP contribution in [0.2, 0.25) is 0 Å². The number of hydrogen-bond acceptors (Lipinski definition) is 5. The Morgan fingerprint density at radius 2 is 1.96 bits per heavy atom. The Bertz CT molecular complexity index is 699. The SMILES string of the molecule is CC(C)(C)C(=O)N1CCC(CNc2ccccc2-n2cnnn2)CC1. The number of piperidine rings is 1. The third-order valence-corrected chi connectivity index (χ3v) is 4.62. The van der Waals surface area contributed by atoms with Crippen LogP contribution in [0.5, 0.6) is 0 Å². The van der Waals surface area contributed by atoms with Crippen LogP contribution in [-0.4, -0.2) is 50.6 Å². The van der Waals surface area contributed by atoms with Crippen LogP contribution < -0.4 is 5.32 Å². The van der Waals surface area contributed by atoms with E-state index in [9.17, 15) is 4.79 Å². The Morgan fingerprint density at radius 3 is 2.60 bits per heavy atom. The average molecular weight is 342 g/mol. The second-order valence-corrected chi connectivity index (χ2v) is 7.64. The summed E-state index contributed by atoms with van der Waals surface area (Å²) < 4.78 is 1.66. The van der Waals surface area contributed by atoms with Gasteiger partial charge in [-0.3, -0.25) is 4.79 Å². The molecule has 1 aromatic heterocycles. The van der Waals surface area contributed by atoms with Gasteiger partial charge in [0.15, 0.2) is 0 Å². The second kappa shape index (κ2) is 7.21. The van der Waals surface area contributed by atoms with Crippen LogP contribution in [0.3, 0.4) is 0 Å². The lowest BCUT2D eigenvalue weighted by molar-refractivity contribution is -0.140. The number of carbonyl (C=O) groups excluding carboxylic acids is 1. The summed E-state index contributed by atoms with van der Waals surface area (Å²) in [6.45, 7) is 8.53. The predicted octanol–water partition coefficient (Wildman–Crippen LogP) is 2.36. The summed E-state index contributed by atoms with van der Waals surface area (Å²) >= 11 is 0. The normalized spacial score (nSPS) is 16.0. The number of nitrogens with zero attached hydrogens (tertiary/aromatic N) is 5. The number of nitrogens with one attached hydrogen (secondary N) is 1. The average Bonchev–Trinajstić information content (AvgIpc) is 3.14. The number of tetrazole rings is 1. The summed E-state index contributed by atoms with van der Waals surface area (Å²) in [5.41, 5.74) is 1.66. The highest BCUT2D eigenvalue weighted by molar-refractivity contribution is 5.81. The number of anilines is 1. The predicted molar refractivity (Wildman–Crippen MR) is 96.4 cm³/mol. The van der Waals surface area contributed by atoms with Gasteiger partial charge in [-0.25, -0.2) is 0 Å². The molecule has 2 heterocycles. The first-order chi connectivity index (χ1) is 11.9. The molecule has 1 N–H and O–H groups in total. The molecule has 1 amide bonds. The van der Waals surface area contributed by atoms with E-state index >= 15 is 0 Å². The quantitative estimate of drug-likeness (QED) is 0.923. The van der Waals surface area contributed by atoms with Gasteiger partial charge in [0.2, 0.25) is 5.91 Å². The largest absolute Gasteiger partial charge is 0.383 e. The minimum absolute atomic E-state index is 0.253. The van der Waals surface area contributed by atoms with Gasteiger partial charge in [-0.1, -0.05) is 32.9 Å². The smallest absolute Gasteiger partial charge is 0.227 e. The van der Waals surface area contributed by atoms with Gasteiger partial charge in [-0.05, 0) is 41.3 Å². The van der Waals surface area contributed by atoms with E-state index in [2.05, 4.69) is 20.8 Å². The molecule has 134 valence electrons. The second-order valence-electron chi connectivity index (χ2n) is 7.64. The zero-order valence-electron chi connectivity index (χ0n) is 15.1. The molecule has 1 aliphatic heterocycles. The van der Waals surface area contributed by atoms with E-state index in [1.165, 1.54) is 0 Å². The molecule has 25 heavy (non-hydrogen) atoms. The Hall–Kier alpha value is -2.44. The molecule has 0 unspecified atom stereocenters. The lowest BCUT2D eigenvalue weighted by atomic mass is 9.91. The van der Waals surface area contributed by atoms with E-state index in [1.54, 1.807) is 11.0 Å². The van der Waals surface area contributed by atoms with Crippen LogP contribution in [0.15, 0.2) is 30.6 Å². The number of amides is 1. The van der Waals surface area contributed by atoms with Crippen LogP contribution in [0.4, 0.5) is 5.69 Å². The van der Waals surface area contributed by atoms with Gasteiger partial charge in [-0.2, -0.15) is 4.68 Å². The summed E-state index contributed by atoms with van der Waals surface area (Å²) in [5.74, 6) is 0.814. The van der Waals surface area contributed by atoms with Crippen LogP contribution >= 0.6 is 0 Å². The molecule has 2 aromatic rings. The fraction of sp³-hybridized carbons (Fsp3) is 0.556. The molecule has 0 atom stereocenters. The van der Waals surface area contributed by atoms with Crippen molar-refractivity contribution in [3.63, 3.8) is 0 Å². The fourth-order valence-electron chi connectivity index (χ4n) is 3.16. The lowest BCUT2D eigenvalue weighted by Gasteiger charge is -2.36. The summed E-state index contributed by atoms with van der Waals surface area (Å²) in [6, 6.07) is 8.00. The third-order valence-electron chi connectivity index (χ3n) is 4.62. The monoisotopic (exact) mass is 342 g/mol. The molecule has 0 radical (unpaired) electrons.